The Hall–Kier alpha value is -2.57. The molecule has 3 aromatic rings. The molecule has 164 valence electrons. The van der Waals surface area contributed by atoms with Crippen molar-refractivity contribution in [3.63, 3.8) is 0 Å². The molecule has 0 saturated carbocycles. The Balaban J connectivity index is 2.44. The average molecular weight is 466 g/mol. The van der Waals surface area contributed by atoms with Crippen molar-refractivity contribution in [2.45, 2.75) is 39.5 Å². The van der Waals surface area contributed by atoms with E-state index in [1.807, 2.05) is 6.92 Å². The quantitative estimate of drug-likeness (QED) is 0.471. The van der Waals surface area contributed by atoms with Crippen molar-refractivity contribution in [1.82, 2.24) is 4.57 Å². The Morgan fingerprint density at radius 2 is 1.84 bits per heavy atom. The Kier molecular flexibility index (Phi) is 6.09. The lowest BCUT2D eigenvalue weighted by molar-refractivity contribution is -0.145. The highest BCUT2D eigenvalue weighted by Gasteiger charge is 2.45. The molecule has 0 aliphatic carbocycles. The summed E-state index contributed by atoms with van der Waals surface area (Å²) >= 11 is 12.0. The first kappa shape index (κ1) is 23.1. The molecule has 1 heterocycles. The third-order valence-corrected chi connectivity index (χ3v) is 6.96. The standard InChI is InChI=1S/C23H22Cl2FNO4/c1-5-11(2)23(4,22(30)31)19-12(3)27(16-8-9-17(28)20(26)18(16)19)21(29)13-6-7-14(24)15(25)10-13/h6-11,28H,5H2,1-4H3,(H,30,31)/t11?,23-/m1/s1. The maximum absolute atomic E-state index is 15.2. The van der Waals surface area contributed by atoms with Crippen LogP contribution in [-0.2, 0) is 10.2 Å². The van der Waals surface area contributed by atoms with Crippen molar-refractivity contribution in [2.75, 3.05) is 0 Å². The van der Waals surface area contributed by atoms with Crippen molar-refractivity contribution in [3.05, 3.63) is 63.0 Å². The molecule has 1 unspecified atom stereocenters. The number of fused-ring (bicyclic) bond motifs is 1. The zero-order chi connectivity index (χ0) is 23.2. The fraction of sp³-hybridized carbons (Fsp3) is 0.304. The van der Waals surface area contributed by atoms with Crippen LogP contribution in [0.15, 0.2) is 30.3 Å². The second-order valence-electron chi connectivity index (χ2n) is 7.84. The van der Waals surface area contributed by atoms with Crippen LogP contribution < -0.4 is 0 Å². The molecule has 0 aliphatic heterocycles. The smallest absolute Gasteiger partial charge is 0.314 e. The number of carbonyl (C=O) groups is 2. The van der Waals surface area contributed by atoms with Gasteiger partial charge in [-0.25, -0.2) is 4.39 Å². The van der Waals surface area contributed by atoms with Gasteiger partial charge in [0.25, 0.3) is 5.91 Å². The van der Waals surface area contributed by atoms with Gasteiger partial charge in [-0.15, -0.1) is 0 Å². The number of aromatic hydroxyl groups is 1. The Morgan fingerprint density at radius 1 is 1.19 bits per heavy atom. The fourth-order valence-corrected chi connectivity index (χ4v) is 4.38. The summed E-state index contributed by atoms with van der Waals surface area (Å²) in [4.78, 5) is 25.9. The van der Waals surface area contributed by atoms with E-state index < -0.39 is 28.9 Å². The molecule has 2 aromatic carbocycles. The number of phenolic OH excluding ortho intramolecular Hbond substituents is 1. The highest BCUT2D eigenvalue weighted by Crippen LogP contribution is 2.44. The summed E-state index contributed by atoms with van der Waals surface area (Å²) in [5, 5.41) is 20.5. The predicted molar refractivity (Wildman–Crippen MR) is 119 cm³/mol. The number of nitrogens with zero attached hydrogens (tertiary/aromatic N) is 1. The van der Waals surface area contributed by atoms with Crippen molar-refractivity contribution in [1.29, 1.82) is 0 Å². The van der Waals surface area contributed by atoms with E-state index in [0.717, 1.165) is 6.07 Å². The lowest BCUT2D eigenvalue weighted by Crippen LogP contribution is -2.39. The molecule has 0 amide bonds. The van der Waals surface area contributed by atoms with Gasteiger partial charge in [0.15, 0.2) is 11.6 Å². The zero-order valence-electron chi connectivity index (χ0n) is 17.5. The molecule has 0 fully saturated rings. The first-order valence-electron chi connectivity index (χ1n) is 9.72. The van der Waals surface area contributed by atoms with Gasteiger partial charge >= 0.3 is 5.97 Å². The zero-order valence-corrected chi connectivity index (χ0v) is 19.0. The summed E-state index contributed by atoms with van der Waals surface area (Å²) in [6.45, 7) is 6.70. The summed E-state index contributed by atoms with van der Waals surface area (Å²) in [5.41, 5.74) is -0.703. The summed E-state index contributed by atoms with van der Waals surface area (Å²) in [7, 11) is 0. The second kappa shape index (κ2) is 8.17. The number of aromatic nitrogens is 1. The SMILES string of the molecule is CCC(C)[C@@](C)(C(=O)O)c1c(C)n(C(=O)c2ccc(Cl)c(Cl)c2)c2ccc(O)c(F)c12. The molecular formula is C23H22Cl2FNO4. The van der Waals surface area contributed by atoms with Gasteiger partial charge in [-0.1, -0.05) is 43.5 Å². The van der Waals surface area contributed by atoms with Gasteiger partial charge in [-0.2, -0.15) is 0 Å². The Labute approximate surface area is 189 Å². The molecule has 3 rings (SSSR count). The number of carboxylic acids is 1. The minimum absolute atomic E-state index is 0.0869. The molecule has 8 heteroatoms. The van der Waals surface area contributed by atoms with E-state index in [0.29, 0.717) is 6.42 Å². The van der Waals surface area contributed by atoms with Crippen LogP contribution in [0.4, 0.5) is 4.39 Å². The van der Waals surface area contributed by atoms with Gasteiger partial charge in [-0.05, 0) is 50.1 Å². The number of hydrogen-bond acceptors (Lipinski definition) is 3. The van der Waals surface area contributed by atoms with Crippen LogP contribution in [0, 0.1) is 18.7 Å². The van der Waals surface area contributed by atoms with Gasteiger partial charge in [0.05, 0.1) is 21.0 Å². The molecule has 5 nitrogen and oxygen atoms in total. The van der Waals surface area contributed by atoms with Crippen LogP contribution in [0.3, 0.4) is 0 Å². The molecule has 1 aromatic heterocycles. The van der Waals surface area contributed by atoms with E-state index in [1.54, 1.807) is 13.8 Å². The number of halogens is 3. The largest absolute Gasteiger partial charge is 0.505 e. The maximum atomic E-state index is 15.2. The molecule has 0 saturated heterocycles. The normalized spacial score (nSPS) is 14.4. The van der Waals surface area contributed by atoms with Gasteiger partial charge in [0.2, 0.25) is 0 Å². The predicted octanol–water partition coefficient (Wildman–Crippen LogP) is 6.18. The molecule has 0 radical (unpaired) electrons. The Morgan fingerprint density at radius 3 is 2.39 bits per heavy atom. The summed E-state index contributed by atoms with van der Waals surface area (Å²) < 4.78 is 16.5. The van der Waals surface area contributed by atoms with E-state index >= 15 is 4.39 Å². The van der Waals surface area contributed by atoms with Gasteiger partial charge < -0.3 is 10.2 Å². The summed E-state index contributed by atoms with van der Waals surface area (Å²) in [6, 6.07) is 6.91. The highest BCUT2D eigenvalue weighted by molar-refractivity contribution is 6.42. The van der Waals surface area contributed by atoms with Crippen molar-refractivity contribution < 1.29 is 24.2 Å². The van der Waals surface area contributed by atoms with E-state index in [1.165, 1.54) is 35.8 Å². The maximum Gasteiger partial charge on any atom is 0.314 e. The van der Waals surface area contributed by atoms with E-state index in [-0.39, 0.29) is 43.7 Å². The number of aliphatic carboxylic acids is 1. The molecule has 0 spiro atoms. The van der Waals surface area contributed by atoms with Crippen LogP contribution in [-0.4, -0.2) is 26.7 Å². The second-order valence-corrected chi connectivity index (χ2v) is 8.65. The van der Waals surface area contributed by atoms with Crippen molar-refractivity contribution >= 4 is 46.0 Å². The van der Waals surface area contributed by atoms with Crippen LogP contribution in [0.1, 0.15) is 48.8 Å². The first-order valence-corrected chi connectivity index (χ1v) is 10.5. The lowest BCUT2D eigenvalue weighted by atomic mass is 9.70. The van der Waals surface area contributed by atoms with Gasteiger partial charge in [0, 0.05) is 22.2 Å². The van der Waals surface area contributed by atoms with Crippen molar-refractivity contribution in [2.24, 2.45) is 5.92 Å². The summed E-state index contributed by atoms with van der Waals surface area (Å²) in [6.07, 6.45) is 0.510. The van der Waals surface area contributed by atoms with E-state index in [9.17, 15) is 19.8 Å². The number of hydrogen-bond donors (Lipinski definition) is 2. The van der Waals surface area contributed by atoms with Crippen LogP contribution >= 0.6 is 23.2 Å². The van der Waals surface area contributed by atoms with E-state index in [4.69, 9.17) is 23.2 Å². The number of rotatable bonds is 5. The summed E-state index contributed by atoms with van der Waals surface area (Å²) in [5.74, 6) is -3.63. The fourth-order valence-electron chi connectivity index (χ4n) is 4.08. The molecule has 2 atom stereocenters. The van der Waals surface area contributed by atoms with Crippen LogP contribution in [0.5, 0.6) is 5.75 Å². The minimum atomic E-state index is -1.51. The molecule has 0 bridgehead atoms. The van der Waals surface area contributed by atoms with Gasteiger partial charge in [0.1, 0.15) is 0 Å². The van der Waals surface area contributed by atoms with Crippen molar-refractivity contribution in [3.8, 4) is 5.75 Å². The molecule has 31 heavy (non-hydrogen) atoms. The minimum Gasteiger partial charge on any atom is -0.505 e. The van der Waals surface area contributed by atoms with Gasteiger partial charge in [-0.3, -0.25) is 14.2 Å². The third-order valence-electron chi connectivity index (χ3n) is 6.22. The number of carboxylic acid groups (broad SMARTS) is 1. The molecular weight excluding hydrogens is 444 g/mol. The highest BCUT2D eigenvalue weighted by atomic mass is 35.5. The third kappa shape index (κ3) is 3.48. The monoisotopic (exact) mass is 465 g/mol. The number of carbonyl (C=O) groups excluding carboxylic acids is 1. The molecule has 2 N–H and O–H groups in total. The number of phenols is 1. The number of benzene rings is 2. The Bertz CT molecular complexity index is 1220. The molecule has 0 aliphatic rings. The van der Waals surface area contributed by atoms with Crippen LogP contribution in [0.25, 0.3) is 10.9 Å². The van der Waals surface area contributed by atoms with E-state index in [2.05, 4.69) is 0 Å². The lowest BCUT2D eigenvalue weighted by Gasteiger charge is -2.32. The van der Waals surface area contributed by atoms with Crippen LogP contribution in [0.2, 0.25) is 10.0 Å². The average Bonchev–Trinajstić information content (AvgIpc) is 3.03. The first-order chi connectivity index (χ1) is 14.5. The topological polar surface area (TPSA) is 79.5 Å².